The van der Waals surface area contributed by atoms with Crippen LogP contribution in [-0.2, 0) is 9.53 Å². The van der Waals surface area contributed by atoms with Gasteiger partial charge in [0.05, 0.1) is 7.11 Å². The van der Waals surface area contributed by atoms with Crippen molar-refractivity contribution in [2.75, 3.05) is 13.7 Å². The van der Waals surface area contributed by atoms with E-state index in [0.29, 0.717) is 19.4 Å². The fourth-order valence-corrected chi connectivity index (χ4v) is 1.80. The molecule has 0 bridgehead atoms. The van der Waals surface area contributed by atoms with Crippen LogP contribution in [0, 0.1) is 0 Å². The van der Waals surface area contributed by atoms with Gasteiger partial charge in [-0.1, -0.05) is 0 Å². The summed E-state index contributed by atoms with van der Waals surface area (Å²) >= 11 is 0. The molecule has 0 radical (unpaired) electrons. The Morgan fingerprint density at radius 2 is 1.71 bits per heavy atom. The monoisotopic (exact) mass is 244 g/mol. The molecule has 100 valence electrons. The third kappa shape index (κ3) is 6.14. The van der Waals surface area contributed by atoms with Gasteiger partial charge in [0, 0.05) is 25.0 Å². The number of carbonyl (C=O) groups is 2. The fraction of sp³-hybridized carbons (Fsp3) is 0.833. The minimum Gasteiger partial charge on any atom is -0.453 e. The van der Waals surface area contributed by atoms with E-state index in [9.17, 15) is 9.59 Å². The molecule has 0 fully saturated rings. The predicted octanol–water partition coefficient (Wildman–Crippen LogP) is 1.77. The number of alkyl carbamates (subject to hydrolysis) is 1. The summed E-state index contributed by atoms with van der Waals surface area (Å²) in [5.41, 5.74) is 0. The molecular weight excluding hydrogens is 220 g/mol. The molecule has 0 rings (SSSR count). The Morgan fingerprint density at radius 1 is 1.18 bits per heavy atom. The lowest BCUT2D eigenvalue weighted by Crippen LogP contribution is -2.42. The van der Waals surface area contributed by atoms with Crippen molar-refractivity contribution in [2.45, 2.75) is 52.6 Å². The first-order valence-corrected chi connectivity index (χ1v) is 6.03. The number of amides is 2. The van der Waals surface area contributed by atoms with Gasteiger partial charge in [0.1, 0.15) is 0 Å². The number of ether oxygens (including phenoxy) is 1. The number of hydrogen-bond donors (Lipinski definition) is 1. The van der Waals surface area contributed by atoms with Crippen LogP contribution in [0.4, 0.5) is 4.79 Å². The lowest BCUT2D eigenvalue weighted by Gasteiger charge is -2.30. The highest BCUT2D eigenvalue weighted by atomic mass is 16.5. The minimum absolute atomic E-state index is 0.127. The molecule has 1 N–H and O–H groups in total. The Hall–Kier alpha value is -1.26. The van der Waals surface area contributed by atoms with Gasteiger partial charge in [0.2, 0.25) is 5.91 Å². The maximum Gasteiger partial charge on any atom is 0.406 e. The van der Waals surface area contributed by atoms with Crippen molar-refractivity contribution in [1.82, 2.24) is 10.2 Å². The molecule has 0 aliphatic rings. The Labute approximate surface area is 103 Å². The highest BCUT2D eigenvalue weighted by Crippen LogP contribution is 2.08. The van der Waals surface area contributed by atoms with E-state index in [0.717, 1.165) is 0 Å². The molecule has 0 saturated heterocycles. The second kappa shape index (κ2) is 7.92. The highest BCUT2D eigenvalue weighted by molar-refractivity contribution is 5.76. The quantitative estimate of drug-likeness (QED) is 0.724. The zero-order valence-electron chi connectivity index (χ0n) is 11.4. The summed E-state index contributed by atoms with van der Waals surface area (Å²) in [5.74, 6) is 0.127. The standard InChI is InChI=1S/C12H24N2O3/c1-9(2)14(10(3)4)11(15)7-6-8-13-12(16)17-5/h9-10H,6-8H2,1-5H3,(H,13,16). The Bertz CT molecular complexity index is 244. The van der Waals surface area contributed by atoms with Gasteiger partial charge < -0.3 is 15.0 Å². The number of rotatable bonds is 6. The first-order chi connectivity index (χ1) is 7.90. The van der Waals surface area contributed by atoms with Crippen LogP contribution in [0.15, 0.2) is 0 Å². The van der Waals surface area contributed by atoms with Gasteiger partial charge in [-0.05, 0) is 34.1 Å². The summed E-state index contributed by atoms with van der Waals surface area (Å²) < 4.78 is 4.44. The average molecular weight is 244 g/mol. The summed E-state index contributed by atoms with van der Waals surface area (Å²) in [6.07, 6.45) is 0.617. The van der Waals surface area contributed by atoms with E-state index >= 15 is 0 Å². The van der Waals surface area contributed by atoms with Gasteiger partial charge in [-0.25, -0.2) is 4.79 Å². The third-order valence-electron chi connectivity index (χ3n) is 2.42. The van der Waals surface area contributed by atoms with Crippen LogP contribution in [0.25, 0.3) is 0 Å². The van der Waals surface area contributed by atoms with Crippen molar-refractivity contribution in [3.05, 3.63) is 0 Å². The predicted molar refractivity (Wildman–Crippen MR) is 66.8 cm³/mol. The summed E-state index contributed by atoms with van der Waals surface area (Å²) in [6.45, 7) is 8.48. The van der Waals surface area contributed by atoms with E-state index in [1.54, 1.807) is 0 Å². The molecule has 0 heterocycles. The third-order valence-corrected chi connectivity index (χ3v) is 2.42. The summed E-state index contributed by atoms with van der Waals surface area (Å²) in [4.78, 5) is 24.6. The van der Waals surface area contributed by atoms with Crippen LogP contribution < -0.4 is 5.32 Å². The van der Waals surface area contributed by atoms with Crippen LogP contribution in [0.5, 0.6) is 0 Å². The van der Waals surface area contributed by atoms with Crippen molar-refractivity contribution in [1.29, 1.82) is 0 Å². The van der Waals surface area contributed by atoms with Gasteiger partial charge in [-0.3, -0.25) is 4.79 Å². The summed E-state index contributed by atoms with van der Waals surface area (Å²) in [5, 5.41) is 2.55. The molecule has 0 saturated carbocycles. The number of carbonyl (C=O) groups excluding carboxylic acids is 2. The second-order valence-corrected chi connectivity index (χ2v) is 4.51. The van der Waals surface area contributed by atoms with Crippen LogP contribution in [-0.4, -0.2) is 42.6 Å². The van der Waals surface area contributed by atoms with Crippen molar-refractivity contribution in [3.63, 3.8) is 0 Å². The van der Waals surface area contributed by atoms with Gasteiger partial charge in [-0.2, -0.15) is 0 Å². The fourth-order valence-electron chi connectivity index (χ4n) is 1.80. The maximum atomic E-state index is 11.9. The van der Waals surface area contributed by atoms with Gasteiger partial charge in [0.25, 0.3) is 0 Å². The van der Waals surface area contributed by atoms with Gasteiger partial charge >= 0.3 is 6.09 Å². The molecule has 5 heteroatoms. The van der Waals surface area contributed by atoms with Crippen LogP contribution in [0.3, 0.4) is 0 Å². The highest BCUT2D eigenvalue weighted by Gasteiger charge is 2.19. The first kappa shape index (κ1) is 15.7. The molecule has 0 aromatic carbocycles. The van der Waals surface area contributed by atoms with Crippen molar-refractivity contribution < 1.29 is 14.3 Å². The molecular formula is C12H24N2O3. The molecule has 17 heavy (non-hydrogen) atoms. The zero-order valence-corrected chi connectivity index (χ0v) is 11.4. The lowest BCUT2D eigenvalue weighted by atomic mass is 10.2. The van der Waals surface area contributed by atoms with E-state index in [1.807, 2.05) is 32.6 Å². The molecule has 0 aromatic rings. The van der Waals surface area contributed by atoms with E-state index in [4.69, 9.17) is 0 Å². The van der Waals surface area contributed by atoms with Crippen LogP contribution in [0.2, 0.25) is 0 Å². The van der Waals surface area contributed by atoms with Crippen LogP contribution in [0.1, 0.15) is 40.5 Å². The SMILES string of the molecule is COC(=O)NCCCC(=O)N(C(C)C)C(C)C. The topological polar surface area (TPSA) is 58.6 Å². The second-order valence-electron chi connectivity index (χ2n) is 4.51. The molecule has 0 aliphatic heterocycles. The average Bonchev–Trinajstić information content (AvgIpc) is 2.22. The molecule has 0 unspecified atom stereocenters. The Balaban J connectivity index is 3.95. The van der Waals surface area contributed by atoms with Crippen molar-refractivity contribution in [2.24, 2.45) is 0 Å². The largest absolute Gasteiger partial charge is 0.453 e. The van der Waals surface area contributed by atoms with E-state index < -0.39 is 6.09 Å². The number of nitrogens with one attached hydrogen (secondary N) is 1. The Morgan fingerprint density at radius 3 is 2.12 bits per heavy atom. The first-order valence-electron chi connectivity index (χ1n) is 6.03. The maximum absolute atomic E-state index is 11.9. The molecule has 0 aliphatic carbocycles. The smallest absolute Gasteiger partial charge is 0.406 e. The minimum atomic E-state index is -0.456. The molecule has 0 spiro atoms. The normalized spacial score (nSPS) is 10.5. The summed E-state index contributed by atoms with van der Waals surface area (Å²) in [7, 11) is 1.32. The molecule has 2 amide bonds. The lowest BCUT2D eigenvalue weighted by molar-refractivity contribution is -0.134. The van der Waals surface area contributed by atoms with E-state index in [-0.39, 0.29) is 18.0 Å². The number of methoxy groups -OCH3 is 1. The van der Waals surface area contributed by atoms with E-state index in [1.165, 1.54) is 7.11 Å². The molecule has 0 aromatic heterocycles. The Kier molecular flexibility index (Phi) is 7.34. The van der Waals surface area contributed by atoms with Gasteiger partial charge in [0.15, 0.2) is 0 Å². The van der Waals surface area contributed by atoms with E-state index in [2.05, 4.69) is 10.1 Å². The number of hydrogen-bond acceptors (Lipinski definition) is 3. The van der Waals surface area contributed by atoms with Crippen molar-refractivity contribution >= 4 is 12.0 Å². The van der Waals surface area contributed by atoms with Crippen LogP contribution >= 0.6 is 0 Å². The zero-order chi connectivity index (χ0) is 13.4. The van der Waals surface area contributed by atoms with Crippen molar-refractivity contribution in [3.8, 4) is 0 Å². The summed E-state index contributed by atoms with van der Waals surface area (Å²) in [6, 6.07) is 0.409. The molecule has 0 atom stereocenters. The number of nitrogens with zero attached hydrogens (tertiary/aromatic N) is 1. The molecule has 5 nitrogen and oxygen atoms in total. The van der Waals surface area contributed by atoms with Gasteiger partial charge in [-0.15, -0.1) is 0 Å².